The minimum absolute atomic E-state index is 0.00962. The minimum Gasteiger partial charge on any atom is -0.326 e. The summed E-state index contributed by atoms with van der Waals surface area (Å²) in [5, 5.41) is 2.98. The van der Waals surface area contributed by atoms with Crippen LogP contribution in [0, 0.1) is 0 Å². The number of hydrogen-bond donors (Lipinski definition) is 2. The number of aryl methyl sites for hydroxylation is 1. The fourth-order valence-corrected chi connectivity index (χ4v) is 3.29. The second-order valence-electron chi connectivity index (χ2n) is 6.46. The van der Waals surface area contributed by atoms with Crippen molar-refractivity contribution in [2.45, 2.75) is 25.7 Å². The highest BCUT2D eigenvalue weighted by atomic mass is 16.2. The molecule has 2 aromatic carbocycles. The third-order valence-corrected chi connectivity index (χ3v) is 4.73. The van der Waals surface area contributed by atoms with E-state index in [2.05, 4.69) is 21.4 Å². The summed E-state index contributed by atoms with van der Waals surface area (Å²) in [6.07, 6.45) is 1.46. The number of nitrogens with one attached hydrogen (secondary N) is 2. The zero-order chi connectivity index (χ0) is 18.1. The second-order valence-corrected chi connectivity index (χ2v) is 6.46. The topological polar surface area (TPSA) is 74.8 Å². The van der Waals surface area contributed by atoms with Gasteiger partial charge in [0.15, 0.2) is 0 Å². The van der Waals surface area contributed by atoms with Gasteiger partial charge in [0.2, 0.25) is 5.91 Å². The highest BCUT2D eigenvalue weighted by Crippen LogP contribution is 2.35. The number of anilines is 1. The molecular formula is C21H19N3O2. The van der Waals surface area contributed by atoms with Crippen LogP contribution >= 0.6 is 0 Å². The van der Waals surface area contributed by atoms with Crippen LogP contribution in [0.5, 0.6) is 0 Å². The van der Waals surface area contributed by atoms with Crippen LogP contribution in [0.4, 0.5) is 5.69 Å². The molecule has 1 aromatic heterocycles. The maximum Gasteiger partial charge on any atom is 0.251 e. The zero-order valence-corrected chi connectivity index (χ0v) is 14.5. The van der Waals surface area contributed by atoms with E-state index in [0.29, 0.717) is 17.9 Å². The summed E-state index contributed by atoms with van der Waals surface area (Å²) in [6, 6.07) is 16.9. The fourth-order valence-electron chi connectivity index (χ4n) is 3.29. The number of rotatable bonds is 4. The van der Waals surface area contributed by atoms with Crippen molar-refractivity contribution in [3.05, 3.63) is 81.8 Å². The molecule has 0 unspecified atom stereocenters. The summed E-state index contributed by atoms with van der Waals surface area (Å²) in [5.41, 5.74) is 4.37. The Hall–Kier alpha value is -3.21. The highest BCUT2D eigenvalue weighted by Gasteiger charge is 2.31. The van der Waals surface area contributed by atoms with Gasteiger partial charge < -0.3 is 10.3 Å². The SMILES string of the molecule is CCc1cc(=O)[nH]c(-c2cccc(NC(=O)[C@H]3Cc4ccccc43)c2)n1. The lowest BCUT2D eigenvalue weighted by Crippen LogP contribution is -2.30. The van der Waals surface area contributed by atoms with E-state index in [1.54, 1.807) is 0 Å². The summed E-state index contributed by atoms with van der Waals surface area (Å²) in [5.74, 6) is 0.403. The monoisotopic (exact) mass is 345 g/mol. The Balaban J connectivity index is 1.56. The summed E-state index contributed by atoms with van der Waals surface area (Å²) in [7, 11) is 0. The number of amides is 1. The second kappa shape index (κ2) is 6.59. The Morgan fingerprint density at radius 2 is 2.04 bits per heavy atom. The lowest BCUT2D eigenvalue weighted by atomic mass is 9.77. The molecule has 0 radical (unpaired) electrons. The van der Waals surface area contributed by atoms with E-state index >= 15 is 0 Å². The van der Waals surface area contributed by atoms with Gasteiger partial charge in [-0.1, -0.05) is 43.3 Å². The van der Waals surface area contributed by atoms with Crippen LogP contribution in [-0.2, 0) is 17.6 Å². The molecule has 0 aliphatic heterocycles. The van der Waals surface area contributed by atoms with Crippen molar-refractivity contribution in [2.75, 3.05) is 5.32 Å². The van der Waals surface area contributed by atoms with E-state index in [1.165, 1.54) is 11.6 Å². The van der Waals surface area contributed by atoms with Crippen molar-refractivity contribution in [1.29, 1.82) is 0 Å². The van der Waals surface area contributed by atoms with Crippen LogP contribution in [0.25, 0.3) is 11.4 Å². The summed E-state index contributed by atoms with van der Waals surface area (Å²) in [6.45, 7) is 1.96. The van der Waals surface area contributed by atoms with Gasteiger partial charge in [-0.3, -0.25) is 9.59 Å². The van der Waals surface area contributed by atoms with Crippen LogP contribution < -0.4 is 10.9 Å². The smallest absolute Gasteiger partial charge is 0.251 e. The van der Waals surface area contributed by atoms with Gasteiger partial charge in [-0.2, -0.15) is 0 Å². The zero-order valence-electron chi connectivity index (χ0n) is 14.5. The van der Waals surface area contributed by atoms with E-state index in [9.17, 15) is 9.59 Å². The van der Waals surface area contributed by atoms with E-state index in [0.717, 1.165) is 23.2 Å². The van der Waals surface area contributed by atoms with Gasteiger partial charge in [0.05, 0.1) is 5.92 Å². The number of nitrogens with zero attached hydrogens (tertiary/aromatic N) is 1. The molecule has 0 spiro atoms. The molecule has 2 N–H and O–H groups in total. The van der Waals surface area contributed by atoms with Gasteiger partial charge in [0.25, 0.3) is 5.56 Å². The maximum atomic E-state index is 12.6. The molecule has 4 rings (SSSR count). The number of hydrogen-bond acceptors (Lipinski definition) is 3. The third kappa shape index (κ3) is 3.04. The molecule has 0 fully saturated rings. The largest absolute Gasteiger partial charge is 0.326 e. The lowest BCUT2D eigenvalue weighted by Gasteiger charge is -2.28. The maximum absolute atomic E-state index is 12.6. The minimum atomic E-state index is -0.174. The van der Waals surface area contributed by atoms with E-state index < -0.39 is 0 Å². The first-order valence-corrected chi connectivity index (χ1v) is 8.73. The quantitative estimate of drug-likeness (QED) is 0.762. The van der Waals surface area contributed by atoms with Gasteiger partial charge in [-0.25, -0.2) is 4.98 Å². The van der Waals surface area contributed by atoms with Crippen molar-refractivity contribution < 1.29 is 4.79 Å². The summed E-state index contributed by atoms with van der Waals surface area (Å²) in [4.78, 5) is 31.6. The van der Waals surface area contributed by atoms with Crippen LogP contribution in [0.3, 0.4) is 0 Å². The molecule has 1 amide bonds. The molecule has 1 atom stereocenters. The van der Waals surface area contributed by atoms with Crippen molar-refractivity contribution in [1.82, 2.24) is 9.97 Å². The first-order chi connectivity index (χ1) is 12.6. The van der Waals surface area contributed by atoms with Crippen LogP contribution in [0.2, 0.25) is 0 Å². The van der Waals surface area contributed by atoms with E-state index in [1.807, 2.05) is 49.4 Å². The van der Waals surface area contributed by atoms with Crippen LogP contribution in [0.15, 0.2) is 59.4 Å². The Morgan fingerprint density at radius 1 is 1.19 bits per heavy atom. The molecule has 5 nitrogen and oxygen atoms in total. The van der Waals surface area contributed by atoms with Crippen molar-refractivity contribution in [3.63, 3.8) is 0 Å². The van der Waals surface area contributed by atoms with Gasteiger partial charge in [-0.05, 0) is 36.1 Å². The molecule has 3 aromatic rings. The Morgan fingerprint density at radius 3 is 2.85 bits per heavy atom. The van der Waals surface area contributed by atoms with Crippen molar-refractivity contribution in [3.8, 4) is 11.4 Å². The molecule has 130 valence electrons. The summed E-state index contributed by atoms with van der Waals surface area (Å²) >= 11 is 0. The first-order valence-electron chi connectivity index (χ1n) is 8.73. The molecule has 0 saturated heterocycles. The van der Waals surface area contributed by atoms with Gasteiger partial charge >= 0.3 is 0 Å². The number of fused-ring (bicyclic) bond motifs is 1. The first kappa shape index (κ1) is 16.3. The molecule has 0 saturated carbocycles. The average Bonchev–Trinajstić information content (AvgIpc) is 2.62. The Labute approximate surface area is 151 Å². The standard InChI is InChI=1S/C21H19N3O2/c1-2-15-12-19(25)24-20(22-15)14-7-5-8-16(10-14)23-21(26)18-11-13-6-3-4-9-17(13)18/h3-10,12,18H,2,11H2,1H3,(H,23,26)(H,22,24,25)/t18-/m0/s1. The number of carbonyl (C=O) groups is 1. The average molecular weight is 345 g/mol. The number of aromatic nitrogens is 2. The van der Waals surface area contributed by atoms with Crippen molar-refractivity contribution in [2.24, 2.45) is 0 Å². The van der Waals surface area contributed by atoms with E-state index in [-0.39, 0.29) is 17.4 Å². The Kier molecular flexibility index (Phi) is 4.13. The molecule has 1 heterocycles. The van der Waals surface area contributed by atoms with Gasteiger partial charge in [0.1, 0.15) is 5.82 Å². The Bertz CT molecular complexity index is 1040. The third-order valence-electron chi connectivity index (χ3n) is 4.73. The summed E-state index contributed by atoms with van der Waals surface area (Å²) < 4.78 is 0. The molecule has 26 heavy (non-hydrogen) atoms. The number of aromatic amines is 1. The molecule has 5 heteroatoms. The van der Waals surface area contributed by atoms with Gasteiger partial charge in [0, 0.05) is 23.0 Å². The molecule has 0 bridgehead atoms. The normalized spacial score (nSPS) is 15.0. The number of carbonyl (C=O) groups excluding carboxylic acids is 1. The van der Waals surface area contributed by atoms with E-state index in [4.69, 9.17) is 0 Å². The van der Waals surface area contributed by atoms with Crippen LogP contribution in [0.1, 0.15) is 29.7 Å². The number of benzene rings is 2. The number of H-pyrrole nitrogens is 1. The molecule has 1 aliphatic rings. The predicted molar refractivity (Wildman–Crippen MR) is 101 cm³/mol. The lowest BCUT2D eigenvalue weighted by molar-refractivity contribution is -0.118. The predicted octanol–water partition coefficient (Wildman–Crippen LogP) is 3.28. The van der Waals surface area contributed by atoms with Crippen molar-refractivity contribution >= 4 is 11.6 Å². The highest BCUT2D eigenvalue weighted by molar-refractivity contribution is 5.98. The van der Waals surface area contributed by atoms with Crippen LogP contribution in [-0.4, -0.2) is 15.9 Å². The molecule has 1 aliphatic carbocycles. The molecular weight excluding hydrogens is 326 g/mol. The fraction of sp³-hybridized carbons (Fsp3) is 0.190. The van der Waals surface area contributed by atoms with Gasteiger partial charge in [-0.15, -0.1) is 0 Å².